The molecule has 0 fully saturated rings. The third kappa shape index (κ3) is 5.39. The van der Waals surface area contributed by atoms with E-state index in [1.165, 1.54) is 0 Å². The van der Waals surface area contributed by atoms with E-state index in [0.717, 1.165) is 0 Å². The van der Waals surface area contributed by atoms with Gasteiger partial charge in [0, 0.05) is 6.54 Å². The van der Waals surface area contributed by atoms with E-state index in [2.05, 4.69) is 10.1 Å². The molecule has 4 N–H and O–H groups in total. The van der Waals surface area contributed by atoms with Gasteiger partial charge in [-0.25, -0.2) is 14.6 Å². The van der Waals surface area contributed by atoms with Crippen LogP contribution in [0.2, 0.25) is 0 Å². The van der Waals surface area contributed by atoms with Crippen LogP contribution in [0.5, 0.6) is 0 Å². The van der Waals surface area contributed by atoms with Crippen molar-refractivity contribution >= 4 is 22.0 Å². The molecule has 1 amide bonds. The fourth-order valence-corrected chi connectivity index (χ4v) is 3.30. The first-order valence-corrected chi connectivity index (χ1v) is 8.32. The van der Waals surface area contributed by atoms with Crippen LogP contribution in [0.1, 0.15) is 19.8 Å². The molecule has 0 aliphatic rings. The van der Waals surface area contributed by atoms with E-state index < -0.39 is 33.5 Å². The van der Waals surface area contributed by atoms with E-state index >= 15 is 0 Å². The highest BCUT2D eigenvalue weighted by Gasteiger charge is 2.56. The fourth-order valence-electron chi connectivity index (χ4n) is 1.14. The van der Waals surface area contributed by atoms with Gasteiger partial charge < -0.3 is 34.7 Å². The number of carbonyl (C=O) groups is 1. The predicted molar refractivity (Wildman–Crippen MR) is 57.5 cm³/mol. The number of carbonyl (C=O) groups excluding carboxylic acids is 1. The predicted octanol–water partition coefficient (Wildman–Crippen LogP) is -3.89. The Bertz CT molecular complexity index is 286. The SMILES string of the molecule is CCOC(=O)NCCCC(O)([P+]([O-])([O-])[O-])[P+]([O-])(O)O. The minimum Gasteiger partial charge on any atom is -0.682 e. The maximum absolute atomic E-state index is 10.9. The first kappa shape index (κ1) is 18.9. The Morgan fingerprint density at radius 1 is 1.32 bits per heavy atom. The lowest BCUT2D eigenvalue weighted by Crippen LogP contribution is -2.53. The van der Waals surface area contributed by atoms with Gasteiger partial charge in [0.1, 0.15) is 0 Å². The molecule has 1 unspecified atom stereocenters. The van der Waals surface area contributed by atoms with E-state index in [1.54, 1.807) is 6.92 Å². The Balaban J connectivity index is 4.44. The lowest BCUT2D eigenvalue weighted by atomic mass is 10.3. The topological polar surface area (TPSA) is 191 Å². The van der Waals surface area contributed by atoms with Crippen LogP contribution in [0.3, 0.4) is 0 Å². The number of aliphatic hydroxyl groups is 1. The van der Waals surface area contributed by atoms with Crippen LogP contribution < -0.4 is 24.9 Å². The smallest absolute Gasteiger partial charge is 0.407 e. The standard InChI is InChI=1S/C7H17NO9P2/c1-2-17-6(9)8-5-3-4-7(10,18(11,12)13)19(14,15)16/h10H,2-5H2,1H3,(H,8,9)(H2,11,12,13)(H2,14,15,16)/p-2. The van der Waals surface area contributed by atoms with Crippen LogP contribution in [-0.4, -0.2) is 39.2 Å². The van der Waals surface area contributed by atoms with Gasteiger partial charge in [-0.1, -0.05) is 7.94 Å². The third-order valence-corrected chi connectivity index (χ3v) is 5.91. The first-order valence-electron chi connectivity index (χ1n) is 5.16. The average molecular weight is 319 g/mol. The van der Waals surface area contributed by atoms with Gasteiger partial charge in [-0.05, 0) is 13.3 Å². The normalized spacial score (nSPS) is 15.8. The molecule has 12 heteroatoms. The number of nitrogens with one attached hydrogen (secondary N) is 1. The Kier molecular flexibility index (Phi) is 6.97. The number of amides is 1. The Morgan fingerprint density at radius 3 is 2.21 bits per heavy atom. The van der Waals surface area contributed by atoms with Crippen molar-refractivity contribution in [3.8, 4) is 0 Å². The highest BCUT2D eigenvalue weighted by Crippen LogP contribution is 2.69. The lowest BCUT2D eigenvalue weighted by molar-refractivity contribution is -0.440. The van der Waals surface area contributed by atoms with Crippen molar-refractivity contribution in [3.63, 3.8) is 0 Å². The summed E-state index contributed by atoms with van der Waals surface area (Å²) < 4.78 is 4.46. The van der Waals surface area contributed by atoms with Gasteiger partial charge in [-0.3, -0.25) is 0 Å². The van der Waals surface area contributed by atoms with Crippen LogP contribution in [-0.2, 0) is 4.74 Å². The minimum absolute atomic E-state index is 0.106. The zero-order chi connectivity index (χ0) is 15.3. The van der Waals surface area contributed by atoms with E-state index in [4.69, 9.17) is 9.79 Å². The number of hydrogen-bond donors (Lipinski definition) is 4. The maximum atomic E-state index is 10.9. The molecule has 0 saturated carbocycles. The molecule has 1 atom stereocenters. The lowest BCUT2D eigenvalue weighted by Gasteiger charge is -2.53. The summed E-state index contributed by atoms with van der Waals surface area (Å²) in [7, 11) is -11.5. The maximum Gasteiger partial charge on any atom is 0.407 e. The van der Waals surface area contributed by atoms with Crippen molar-refractivity contribution < 1.29 is 44.0 Å². The third-order valence-electron chi connectivity index (χ3n) is 2.14. The van der Waals surface area contributed by atoms with Gasteiger partial charge in [0.15, 0.2) is 0 Å². The molecular formula is C7H15NO9P2-2. The van der Waals surface area contributed by atoms with Crippen molar-refractivity contribution in [2.75, 3.05) is 13.2 Å². The van der Waals surface area contributed by atoms with Gasteiger partial charge in [0.25, 0.3) is 0 Å². The quantitative estimate of drug-likeness (QED) is 0.268. The van der Waals surface area contributed by atoms with Crippen LogP contribution in [0.4, 0.5) is 4.79 Å². The summed E-state index contributed by atoms with van der Waals surface area (Å²) in [6, 6.07) is 0. The number of rotatable bonds is 7. The van der Waals surface area contributed by atoms with E-state index in [9.17, 15) is 29.5 Å². The summed E-state index contributed by atoms with van der Waals surface area (Å²) in [5, 5.41) is 7.83. The van der Waals surface area contributed by atoms with Gasteiger partial charge in [0.2, 0.25) is 0 Å². The van der Waals surface area contributed by atoms with Gasteiger partial charge in [-0.15, -0.1) is 0 Å². The van der Waals surface area contributed by atoms with E-state index in [1.807, 2.05) is 0 Å². The fraction of sp³-hybridized carbons (Fsp3) is 0.857. The highest BCUT2D eigenvalue weighted by molar-refractivity contribution is 7.75. The number of alkyl carbamates (subject to hydrolysis) is 1. The molecule has 0 aliphatic carbocycles. The number of hydrogen-bond acceptors (Lipinski definition) is 9. The largest absolute Gasteiger partial charge is 0.682 e. The summed E-state index contributed by atoms with van der Waals surface area (Å²) in [5.74, 6) is 0. The van der Waals surface area contributed by atoms with Crippen LogP contribution in [0.25, 0.3) is 0 Å². The molecular weight excluding hydrogens is 304 g/mol. The van der Waals surface area contributed by atoms with Crippen molar-refractivity contribution in [2.45, 2.75) is 24.8 Å². The monoisotopic (exact) mass is 319 g/mol. The molecule has 0 aliphatic heterocycles. The molecule has 0 radical (unpaired) electrons. The second-order valence-electron chi connectivity index (χ2n) is 3.57. The summed E-state index contributed by atoms with van der Waals surface area (Å²) >= 11 is 0. The molecule has 0 spiro atoms. The summed E-state index contributed by atoms with van der Waals surface area (Å²) in [4.78, 5) is 71.5. The first-order chi connectivity index (χ1) is 8.45. The highest BCUT2D eigenvalue weighted by atomic mass is 31.3. The molecule has 10 nitrogen and oxygen atoms in total. The van der Waals surface area contributed by atoms with Gasteiger partial charge in [-0.2, -0.15) is 0 Å². The Morgan fingerprint density at radius 2 is 1.84 bits per heavy atom. The van der Waals surface area contributed by atoms with Crippen molar-refractivity contribution in [1.29, 1.82) is 0 Å². The molecule has 0 aromatic carbocycles. The van der Waals surface area contributed by atoms with Gasteiger partial charge >= 0.3 is 19.1 Å². The molecule has 114 valence electrons. The van der Waals surface area contributed by atoms with Crippen molar-refractivity contribution in [2.24, 2.45) is 0 Å². The molecule has 0 heterocycles. The number of ether oxygens (including phenoxy) is 1. The Hall–Kier alpha value is -0.150. The summed E-state index contributed by atoms with van der Waals surface area (Å²) in [6.45, 7) is 1.44. The average Bonchev–Trinajstić information content (AvgIpc) is 2.21. The molecule has 0 rings (SSSR count). The van der Waals surface area contributed by atoms with E-state index in [0.29, 0.717) is 0 Å². The van der Waals surface area contributed by atoms with Crippen LogP contribution in [0.15, 0.2) is 0 Å². The summed E-state index contributed by atoms with van der Waals surface area (Å²) in [6.07, 6.45) is -2.15. The second kappa shape index (κ2) is 7.03. The zero-order valence-electron chi connectivity index (χ0n) is 10.0. The molecule has 19 heavy (non-hydrogen) atoms. The Labute approximate surface area is 110 Å². The zero-order valence-corrected chi connectivity index (χ0v) is 11.8. The second-order valence-corrected chi connectivity index (χ2v) is 7.48. The molecule has 0 bridgehead atoms. The van der Waals surface area contributed by atoms with Gasteiger partial charge in [0.05, 0.1) is 13.0 Å². The molecule has 0 aromatic rings. The minimum atomic E-state index is -5.94. The van der Waals surface area contributed by atoms with Crippen molar-refractivity contribution in [3.05, 3.63) is 0 Å². The van der Waals surface area contributed by atoms with Crippen LogP contribution in [0, 0.1) is 0 Å². The molecule has 0 aromatic heterocycles. The van der Waals surface area contributed by atoms with Crippen LogP contribution >= 0.6 is 15.9 Å². The molecule has 0 saturated heterocycles. The van der Waals surface area contributed by atoms with Crippen molar-refractivity contribution in [1.82, 2.24) is 5.32 Å². The summed E-state index contributed by atoms with van der Waals surface area (Å²) in [5.41, 5.74) is 0. The van der Waals surface area contributed by atoms with E-state index in [-0.39, 0.29) is 19.6 Å².